The average molecular weight is 280 g/mol. The van der Waals surface area contributed by atoms with Crippen molar-refractivity contribution >= 4 is 12.4 Å². The van der Waals surface area contributed by atoms with Crippen LogP contribution in [0.1, 0.15) is 17.2 Å². The predicted molar refractivity (Wildman–Crippen MR) is 78.5 cm³/mol. The first-order valence-electron chi connectivity index (χ1n) is 5.93. The van der Waals surface area contributed by atoms with Crippen molar-refractivity contribution in [2.45, 2.75) is 12.6 Å². The van der Waals surface area contributed by atoms with E-state index in [0.29, 0.717) is 6.61 Å². The third kappa shape index (κ3) is 4.24. The lowest BCUT2D eigenvalue weighted by Gasteiger charge is -2.15. The van der Waals surface area contributed by atoms with Crippen LogP contribution >= 0.6 is 12.4 Å². The number of halogens is 1. The highest BCUT2D eigenvalue weighted by atomic mass is 35.5. The highest BCUT2D eigenvalue weighted by Crippen LogP contribution is 2.24. The molecule has 3 nitrogen and oxygen atoms in total. The summed E-state index contributed by atoms with van der Waals surface area (Å²) in [6.45, 7) is 0.404. The maximum atomic E-state index is 9.12. The molecule has 2 aromatic carbocycles. The van der Waals surface area contributed by atoms with Gasteiger partial charge < -0.3 is 15.6 Å². The summed E-state index contributed by atoms with van der Waals surface area (Å²) in [5.74, 6) is 0.725. The Kier molecular flexibility index (Phi) is 6.36. The van der Waals surface area contributed by atoms with E-state index in [2.05, 4.69) is 0 Å². The molecule has 0 heterocycles. The van der Waals surface area contributed by atoms with Crippen molar-refractivity contribution in [2.75, 3.05) is 6.61 Å². The Morgan fingerprint density at radius 3 is 2.32 bits per heavy atom. The standard InChI is InChI=1S/C15H17NO2.ClH/c16-14(10-17)13-8-4-5-9-15(13)18-11-12-6-2-1-3-7-12;/h1-9,14,17H,10-11,16H2;1H/t14-;/m1./s1. The molecule has 0 unspecified atom stereocenters. The Morgan fingerprint density at radius 1 is 1.00 bits per heavy atom. The van der Waals surface area contributed by atoms with Crippen LogP contribution in [-0.2, 0) is 6.61 Å². The number of aliphatic hydroxyl groups excluding tert-OH is 1. The van der Waals surface area contributed by atoms with Crippen molar-refractivity contribution in [3.63, 3.8) is 0 Å². The molecule has 102 valence electrons. The minimum atomic E-state index is -0.406. The minimum Gasteiger partial charge on any atom is -0.489 e. The van der Waals surface area contributed by atoms with Gasteiger partial charge in [0, 0.05) is 5.56 Å². The Morgan fingerprint density at radius 2 is 1.63 bits per heavy atom. The van der Waals surface area contributed by atoms with Crippen molar-refractivity contribution in [3.05, 3.63) is 65.7 Å². The van der Waals surface area contributed by atoms with Crippen molar-refractivity contribution in [2.24, 2.45) is 5.73 Å². The summed E-state index contributed by atoms with van der Waals surface area (Å²) in [6, 6.07) is 17.1. The molecule has 2 rings (SSSR count). The van der Waals surface area contributed by atoms with E-state index in [9.17, 15) is 0 Å². The SMILES string of the molecule is Cl.N[C@H](CO)c1ccccc1OCc1ccccc1. The first-order valence-corrected chi connectivity index (χ1v) is 5.93. The predicted octanol–water partition coefficient (Wildman–Crippen LogP) is 2.68. The number of ether oxygens (including phenoxy) is 1. The Bertz CT molecular complexity index is 491. The molecule has 0 bridgehead atoms. The lowest BCUT2D eigenvalue weighted by atomic mass is 10.1. The normalized spacial score (nSPS) is 11.5. The molecular formula is C15H18ClNO2. The van der Waals surface area contributed by atoms with Crippen LogP contribution in [0.15, 0.2) is 54.6 Å². The third-order valence-electron chi connectivity index (χ3n) is 2.75. The smallest absolute Gasteiger partial charge is 0.124 e. The molecule has 0 radical (unpaired) electrons. The fourth-order valence-corrected chi connectivity index (χ4v) is 1.75. The highest BCUT2D eigenvalue weighted by Gasteiger charge is 2.10. The fourth-order valence-electron chi connectivity index (χ4n) is 1.75. The number of benzene rings is 2. The van der Waals surface area contributed by atoms with E-state index in [0.717, 1.165) is 16.9 Å². The monoisotopic (exact) mass is 279 g/mol. The molecule has 0 saturated heterocycles. The number of aliphatic hydroxyl groups is 1. The summed E-state index contributed by atoms with van der Waals surface area (Å²) in [5.41, 5.74) is 7.77. The molecule has 0 aliphatic rings. The Labute approximate surface area is 119 Å². The van der Waals surface area contributed by atoms with Gasteiger partial charge in [-0.25, -0.2) is 0 Å². The van der Waals surface area contributed by atoms with E-state index >= 15 is 0 Å². The van der Waals surface area contributed by atoms with Crippen LogP contribution in [0.25, 0.3) is 0 Å². The number of nitrogens with two attached hydrogens (primary N) is 1. The summed E-state index contributed by atoms with van der Waals surface area (Å²) in [6.07, 6.45) is 0. The molecule has 4 heteroatoms. The van der Waals surface area contributed by atoms with Gasteiger partial charge in [-0.2, -0.15) is 0 Å². The summed E-state index contributed by atoms with van der Waals surface area (Å²) in [4.78, 5) is 0. The van der Waals surface area contributed by atoms with Crippen molar-refractivity contribution in [3.8, 4) is 5.75 Å². The first-order chi connectivity index (χ1) is 8.81. The van der Waals surface area contributed by atoms with Gasteiger partial charge >= 0.3 is 0 Å². The second kappa shape index (κ2) is 7.79. The number of para-hydroxylation sites is 1. The van der Waals surface area contributed by atoms with Gasteiger partial charge in [-0.3, -0.25) is 0 Å². The maximum absolute atomic E-state index is 9.12. The molecule has 0 saturated carbocycles. The molecule has 0 aliphatic heterocycles. The van der Waals surface area contributed by atoms with E-state index in [4.69, 9.17) is 15.6 Å². The number of hydrogen-bond acceptors (Lipinski definition) is 3. The van der Waals surface area contributed by atoms with Gasteiger partial charge in [0.25, 0.3) is 0 Å². The highest BCUT2D eigenvalue weighted by molar-refractivity contribution is 5.85. The average Bonchev–Trinajstić information content (AvgIpc) is 2.45. The molecule has 19 heavy (non-hydrogen) atoms. The van der Waals surface area contributed by atoms with Crippen LogP contribution < -0.4 is 10.5 Å². The molecular weight excluding hydrogens is 262 g/mol. The van der Waals surface area contributed by atoms with Gasteiger partial charge in [-0.05, 0) is 11.6 Å². The fraction of sp³-hybridized carbons (Fsp3) is 0.200. The summed E-state index contributed by atoms with van der Waals surface area (Å²) >= 11 is 0. The lowest BCUT2D eigenvalue weighted by molar-refractivity contribution is 0.257. The summed E-state index contributed by atoms with van der Waals surface area (Å²) < 4.78 is 5.76. The molecule has 1 atom stereocenters. The van der Waals surface area contributed by atoms with Crippen molar-refractivity contribution in [1.82, 2.24) is 0 Å². The molecule has 0 fully saturated rings. The van der Waals surface area contributed by atoms with E-state index in [1.54, 1.807) is 0 Å². The third-order valence-corrected chi connectivity index (χ3v) is 2.75. The Balaban J connectivity index is 0.00000180. The van der Waals surface area contributed by atoms with Gasteiger partial charge in [0.15, 0.2) is 0 Å². The Hall–Kier alpha value is -1.55. The van der Waals surface area contributed by atoms with Crippen LogP contribution in [0.4, 0.5) is 0 Å². The minimum absolute atomic E-state index is 0. The topological polar surface area (TPSA) is 55.5 Å². The number of rotatable bonds is 5. The molecule has 0 aromatic heterocycles. The zero-order valence-corrected chi connectivity index (χ0v) is 11.3. The van der Waals surface area contributed by atoms with E-state index in [1.807, 2.05) is 54.6 Å². The van der Waals surface area contributed by atoms with Crippen molar-refractivity contribution in [1.29, 1.82) is 0 Å². The summed E-state index contributed by atoms with van der Waals surface area (Å²) in [7, 11) is 0. The van der Waals surface area contributed by atoms with E-state index in [1.165, 1.54) is 0 Å². The second-order valence-corrected chi connectivity index (χ2v) is 4.10. The maximum Gasteiger partial charge on any atom is 0.124 e. The van der Waals surface area contributed by atoms with Gasteiger partial charge in [0.2, 0.25) is 0 Å². The number of hydrogen-bond donors (Lipinski definition) is 2. The van der Waals surface area contributed by atoms with E-state index in [-0.39, 0.29) is 19.0 Å². The molecule has 0 aliphatic carbocycles. The zero-order chi connectivity index (χ0) is 12.8. The lowest BCUT2D eigenvalue weighted by Crippen LogP contribution is -2.15. The van der Waals surface area contributed by atoms with Crippen LogP contribution in [-0.4, -0.2) is 11.7 Å². The van der Waals surface area contributed by atoms with Crippen LogP contribution in [0.5, 0.6) is 5.75 Å². The van der Waals surface area contributed by atoms with Gasteiger partial charge in [-0.1, -0.05) is 48.5 Å². The van der Waals surface area contributed by atoms with Gasteiger partial charge in [0.1, 0.15) is 12.4 Å². The van der Waals surface area contributed by atoms with Crippen LogP contribution in [0.3, 0.4) is 0 Å². The summed E-state index contributed by atoms with van der Waals surface area (Å²) in [5, 5.41) is 9.12. The van der Waals surface area contributed by atoms with E-state index < -0.39 is 6.04 Å². The quantitative estimate of drug-likeness (QED) is 0.885. The largest absolute Gasteiger partial charge is 0.489 e. The molecule has 0 spiro atoms. The molecule has 0 amide bonds. The second-order valence-electron chi connectivity index (χ2n) is 4.10. The molecule has 2 aromatic rings. The zero-order valence-electron chi connectivity index (χ0n) is 10.5. The molecule has 3 N–H and O–H groups in total. The van der Waals surface area contributed by atoms with Crippen LogP contribution in [0, 0.1) is 0 Å². The first kappa shape index (κ1) is 15.5. The van der Waals surface area contributed by atoms with Crippen molar-refractivity contribution < 1.29 is 9.84 Å². The van der Waals surface area contributed by atoms with Crippen LogP contribution in [0.2, 0.25) is 0 Å². The van der Waals surface area contributed by atoms with Gasteiger partial charge in [-0.15, -0.1) is 12.4 Å². The van der Waals surface area contributed by atoms with Gasteiger partial charge in [0.05, 0.1) is 12.6 Å².